The number of halogens is 2. The number of aromatic nitrogens is 3. The third-order valence-corrected chi connectivity index (χ3v) is 4.66. The minimum absolute atomic E-state index is 0.112. The molecule has 0 saturated heterocycles. The summed E-state index contributed by atoms with van der Waals surface area (Å²) in [5.41, 5.74) is 1.41. The second kappa shape index (κ2) is 6.64. The van der Waals surface area contributed by atoms with E-state index in [0.29, 0.717) is 17.0 Å². The second-order valence-electron chi connectivity index (χ2n) is 5.68. The van der Waals surface area contributed by atoms with Gasteiger partial charge < -0.3 is 5.32 Å². The normalized spacial score (nSPS) is 11.0. The standard InChI is InChI=1S/C18H12F2N4OS/c19-11-5-10(6-12(20)7-11)14-8-17(23-22-14)21-18(25)9-15-13-3-1-2-4-16(13)26-24-15/h1-8H,9H2,(H2,21,22,23,25). The topological polar surface area (TPSA) is 70.7 Å². The van der Waals surface area contributed by atoms with Crippen LogP contribution in [0.1, 0.15) is 5.69 Å². The summed E-state index contributed by atoms with van der Waals surface area (Å²) in [4.78, 5) is 12.3. The van der Waals surface area contributed by atoms with Crippen molar-refractivity contribution in [3.05, 3.63) is 65.9 Å². The highest BCUT2D eigenvalue weighted by Gasteiger charge is 2.13. The maximum atomic E-state index is 13.3. The molecule has 0 saturated carbocycles. The van der Waals surface area contributed by atoms with Crippen LogP contribution in [0.2, 0.25) is 0 Å². The van der Waals surface area contributed by atoms with Gasteiger partial charge in [0.15, 0.2) is 5.82 Å². The first-order valence-corrected chi connectivity index (χ1v) is 8.51. The number of anilines is 1. The van der Waals surface area contributed by atoms with Crippen molar-refractivity contribution in [2.45, 2.75) is 6.42 Å². The van der Waals surface area contributed by atoms with Crippen molar-refractivity contribution in [2.75, 3.05) is 5.32 Å². The van der Waals surface area contributed by atoms with Gasteiger partial charge in [-0.25, -0.2) is 8.78 Å². The summed E-state index contributed by atoms with van der Waals surface area (Å²) < 4.78 is 32.0. The van der Waals surface area contributed by atoms with Crippen molar-refractivity contribution in [3.8, 4) is 11.3 Å². The zero-order valence-electron chi connectivity index (χ0n) is 13.3. The lowest BCUT2D eigenvalue weighted by molar-refractivity contribution is -0.115. The van der Waals surface area contributed by atoms with Crippen LogP contribution in [-0.2, 0) is 11.2 Å². The number of rotatable bonds is 4. The molecule has 2 aromatic heterocycles. The van der Waals surface area contributed by atoms with E-state index in [9.17, 15) is 13.6 Å². The minimum atomic E-state index is -0.685. The van der Waals surface area contributed by atoms with Gasteiger partial charge in [0.25, 0.3) is 0 Å². The Morgan fingerprint density at radius 3 is 2.69 bits per heavy atom. The molecule has 4 aromatic rings. The van der Waals surface area contributed by atoms with Crippen molar-refractivity contribution in [1.82, 2.24) is 14.6 Å². The number of benzene rings is 2. The first-order chi connectivity index (χ1) is 12.6. The summed E-state index contributed by atoms with van der Waals surface area (Å²) in [6, 6.07) is 12.4. The summed E-state index contributed by atoms with van der Waals surface area (Å²) in [5.74, 6) is -1.37. The van der Waals surface area contributed by atoms with E-state index in [1.165, 1.54) is 29.7 Å². The first-order valence-electron chi connectivity index (χ1n) is 7.73. The zero-order valence-corrected chi connectivity index (χ0v) is 14.1. The summed E-state index contributed by atoms with van der Waals surface area (Å²) >= 11 is 1.34. The first kappa shape index (κ1) is 16.3. The average molecular weight is 370 g/mol. The van der Waals surface area contributed by atoms with Gasteiger partial charge in [0.1, 0.15) is 11.6 Å². The van der Waals surface area contributed by atoms with Crippen molar-refractivity contribution < 1.29 is 13.6 Å². The molecule has 0 aliphatic carbocycles. The molecule has 0 atom stereocenters. The number of nitrogens with zero attached hydrogens (tertiary/aromatic N) is 2. The van der Waals surface area contributed by atoms with Crippen LogP contribution >= 0.6 is 11.5 Å². The summed E-state index contributed by atoms with van der Waals surface area (Å²) in [5, 5.41) is 10.2. The molecule has 2 N–H and O–H groups in total. The molecule has 26 heavy (non-hydrogen) atoms. The highest BCUT2D eigenvalue weighted by molar-refractivity contribution is 7.13. The molecule has 2 heterocycles. The largest absolute Gasteiger partial charge is 0.309 e. The predicted molar refractivity (Wildman–Crippen MR) is 95.9 cm³/mol. The number of carbonyl (C=O) groups is 1. The number of fused-ring (bicyclic) bond motifs is 1. The fourth-order valence-corrected chi connectivity index (χ4v) is 3.44. The molecular formula is C18H12F2N4OS. The highest BCUT2D eigenvalue weighted by Crippen LogP contribution is 2.24. The lowest BCUT2D eigenvalue weighted by atomic mass is 10.1. The van der Waals surface area contributed by atoms with Crippen LogP contribution in [0.25, 0.3) is 21.3 Å². The number of H-pyrrole nitrogens is 1. The molecule has 0 aliphatic rings. The van der Waals surface area contributed by atoms with Gasteiger partial charge in [-0.2, -0.15) is 9.47 Å². The van der Waals surface area contributed by atoms with Gasteiger partial charge in [0.2, 0.25) is 5.91 Å². The quantitative estimate of drug-likeness (QED) is 0.567. The number of aromatic amines is 1. The number of carbonyl (C=O) groups excluding carboxylic acids is 1. The van der Waals surface area contributed by atoms with E-state index in [4.69, 9.17) is 0 Å². The lowest BCUT2D eigenvalue weighted by Crippen LogP contribution is -2.14. The van der Waals surface area contributed by atoms with Crippen molar-refractivity contribution in [2.24, 2.45) is 0 Å². The molecule has 130 valence electrons. The van der Waals surface area contributed by atoms with Crippen LogP contribution in [0.3, 0.4) is 0 Å². The monoisotopic (exact) mass is 370 g/mol. The molecule has 0 bridgehead atoms. The fraction of sp³-hybridized carbons (Fsp3) is 0.0556. The molecule has 8 heteroatoms. The Balaban J connectivity index is 1.49. The average Bonchev–Trinajstić information content (AvgIpc) is 3.22. The molecule has 4 rings (SSSR count). The van der Waals surface area contributed by atoms with Crippen LogP contribution in [-0.4, -0.2) is 20.5 Å². The van der Waals surface area contributed by atoms with Gasteiger partial charge in [-0.3, -0.25) is 9.89 Å². The maximum Gasteiger partial charge on any atom is 0.231 e. The predicted octanol–water partition coefficient (Wildman–Crippen LogP) is 4.15. The van der Waals surface area contributed by atoms with E-state index in [0.717, 1.165) is 16.2 Å². The van der Waals surface area contributed by atoms with Gasteiger partial charge >= 0.3 is 0 Å². The minimum Gasteiger partial charge on any atom is -0.309 e. The Hall–Kier alpha value is -3.13. The van der Waals surface area contributed by atoms with E-state index in [-0.39, 0.29) is 18.1 Å². The van der Waals surface area contributed by atoms with Gasteiger partial charge in [-0.05, 0) is 29.7 Å². The Bertz CT molecular complexity index is 1090. The molecule has 2 aromatic carbocycles. The summed E-state index contributed by atoms with van der Waals surface area (Å²) in [7, 11) is 0. The summed E-state index contributed by atoms with van der Waals surface area (Å²) in [6.07, 6.45) is 0.112. The molecule has 5 nitrogen and oxygen atoms in total. The van der Waals surface area contributed by atoms with Crippen molar-refractivity contribution >= 4 is 33.3 Å². The van der Waals surface area contributed by atoms with Crippen LogP contribution in [0.15, 0.2) is 48.5 Å². The summed E-state index contributed by atoms with van der Waals surface area (Å²) in [6.45, 7) is 0. The van der Waals surface area contributed by atoms with Crippen LogP contribution in [0, 0.1) is 11.6 Å². The molecule has 0 aliphatic heterocycles. The van der Waals surface area contributed by atoms with Crippen LogP contribution in [0.4, 0.5) is 14.6 Å². The van der Waals surface area contributed by atoms with Gasteiger partial charge in [-0.15, -0.1) is 0 Å². The van der Waals surface area contributed by atoms with E-state index in [1.807, 2.05) is 24.3 Å². The van der Waals surface area contributed by atoms with E-state index >= 15 is 0 Å². The van der Waals surface area contributed by atoms with E-state index in [2.05, 4.69) is 19.9 Å². The van der Waals surface area contributed by atoms with Crippen molar-refractivity contribution in [3.63, 3.8) is 0 Å². The SMILES string of the molecule is O=C(Cc1nsc2ccccc12)Nc1cc(-c2cc(F)cc(F)c2)[nH]n1. The maximum absolute atomic E-state index is 13.3. The number of nitrogens with one attached hydrogen (secondary N) is 2. The third kappa shape index (κ3) is 3.31. The zero-order chi connectivity index (χ0) is 18.1. The smallest absolute Gasteiger partial charge is 0.231 e. The Morgan fingerprint density at radius 1 is 1.12 bits per heavy atom. The van der Waals surface area contributed by atoms with E-state index in [1.54, 1.807) is 0 Å². The Kier molecular flexibility index (Phi) is 4.18. The van der Waals surface area contributed by atoms with Crippen LogP contribution in [0.5, 0.6) is 0 Å². The number of hydrogen-bond donors (Lipinski definition) is 2. The van der Waals surface area contributed by atoms with Gasteiger partial charge in [0, 0.05) is 23.1 Å². The third-order valence-electron chi connectivity index (χ3n) is 3.80. The molecular weight excluding hydrogens is 358 g/mol. The number of amides is 1. The molecule has 0 fully saturated rings. The molecule has 0 spiro atoms. The molecule has 0 unspecified atom stereocenters. The van der Waals surface area contributed by atoms with Crippen LogP contribution < -0.4 is 5.32 Å². The second-order valence-corrected chi connectivity index (χ2v) is 6.48. The van der Waals surface area contributed by atoms with Crippen molar-refractivity contribution in [1.29, 1.82) is 0 Å². The van der Waals surface area contributed by atoms with Gasteiger partial charge in [0.05, 0.1) is 22.5 Å². The Labute approximate surface area is 150 Å². The number of hydrogen-bond acceptors (Lipinski definition) is 4. The lowest BCUT2D eigenvalue weighted by Gasteiger charge is -2.00. The van der Waals surface area contributed by atoms with Gasteiger partial charge in [-0.1, -0.05) is 18.2 Å². The Morgan fingerprint density at radius 2 is 1.88 bits per heavy atom. The van der Waals surface area contributed by atoms with E-state index < -0.39 is 11.6 Å². The molecule has 1 amide bonds. The molecule has 0 radical (unpaired) electrons. The fourth-order valence-electron chi connectivity index (χ4n) is 2.65. The highest BCUT2D eigenvalue weighted by atomic mass is 32.1.